The third-order valence-corrected chi connectivity index (χ3v) is 3.71. The topological polar surface area (TPSA) is 80.9 Å². The van der Waals surface area contributed by atoms with Crippen LogP contribution in [0.3, 0.4) is 0 Å². The average Bonchev–Trinajstić information content (AvgIpc) is 2.51. The van der Waals surface area contributed by atoms with E-state index >= 15 is 0 Å². The first-order chi connectivity index (χ1) is 11.4. The molecule has 0 aromatic heterocycles. The lowest BCUT2D eigenvalue weighted by atomic mass is 10.0. The van der Waals surface area contributed by atoms with E-state index in [9.17, 15) is 20.4 Å². The van der Waals surface area contributed by atoms with E-state index in [4.69, 9.17) is 0 Å². The van der Waals surface area contributed by atoms with E-state index < -0.39 is 0 Å². The Hall–Kier alpha value is -2.88. The Morgan fingerprint density at radius 2 is 1.67 bits per heavy atom. The molecule has 4 heteroatoms. The fourth-order valence-corrected chi connectivity index (χ4v) is 2.33. The number of phenols is 4. The Balaban J connectivity index is 2.19. The molecule has 2 aromatic carbocycles. The molecular weight excluding hydrogens is 304 g/mol. The molecule has 0 spiro atoms. The maximum atomic E-state index is 10.4. The zero-order chi connectivity index (χ0) is 17.7. The fourth-order valence-electron chi connectivity index (χ4n) is 2.33. The Kier molecular flexibility index (Phi) is 5.53. The molecule has 0 bridgehead atoms. The lowest BCUT2D eigenvalue weighted by Gasteiger charge is -2.09. The predicted octanol–water partition coefficient (Wildman–Crippen LogP) is 4.27. The Labute approximate surface area is 141 Å². The molecule has 0 unspecified atom stereocenters. The monoisotopic (exact) mass is 326 g/mol. The van der Waals surface area contributed by atoms with Crippen LogP contribution in [0.25, 0.3) is 6.08 Å². The Morgan fingerprint density at radius 3 is 2.33 bits per heavy atom. The van der Waals surface area contributed by atoms with Gasteiger partial charge >= 0.3 is 0 Å². The van der Waals surface area contributed by atoms with Crippen molar-refractivity contribution >= 4 is 6.08 Å². The summed E-state index contributed by atoms with van der Waals surface area (Å²) in [4.78, 5) is 0. The molecule has 0 aliphatic rings. The summed E-state index contributed by atoms with van der Waals surface area (Å²) in [6, 6.07) is 7.63. The van der Waals surface area contributed by atoms with Gasteiger partial charge in [0.1, 0.15) is 23.0 Å². The van der Waals surface area contributed by atoms with Crippen LogP contribution in [0.2, 0.25) is 0 Å². The van der Waals surface area contributed by atoms with Crippen LogP contribution < -0.4 is 0 Å². The number of hydrogen-bond donors (Lipinski definition) is 4. The molecule has 2 rings (SSSR count). The van der Waals surface area contributed by atoms with Crippen LogP contribution >= 0.6 is 0 Å². The van der Waals surface area contributed by atoms with Gasteiger partial charge in [0.15, 0.2) is 0 Å². The number of phenolic OH excluding ortho intramolecular Hbond substituents is 4. The Morgan fingerprint density at radius 1 is 0.917 bits per heavy atom. The van der Waals surface area contributed by atoms with Gasteiger partial charge in [-0.1, -0.05) is 29.9 Å². The molecule has 4 N–H and O–H groups in total. The minimum Gasteiger partial charge on any atom is -0.508 e. The van der Waals surface area contributed by atoms with Gasteiger partial charge in [0.2, 0.25) is 0 Å². The second-order valence-electron chi connectivity index (χ2n) is 5.91. The predicted molar refractivity (Wildman–Crippen MR) is 95.4 cm³/mol. The van der Waals surface area contributed by atoms with E-state index in [0.717, 1.165) is 5.57 Å². The molecule has 4 nitrogen and oxygen atoms in total. The van der Waals surface area contributed by atoms with Crippen LogP contribution in [0.15, 0.2) is 48.1 Å². The van der Waals surface area contributed by atoms with E-state index in [2.05, 4.69) is 0 Å². The summed E-state index contributed by atoms with van der Waals surface area (Å²) < 4.78 is 0. The number of aromatic hydroxyl groups is 4. The van der Waals surface area contributed by atoms with Crippen LogP contribution in [-0.2, 0) is 12.8 Å². The Bertz CT molecular complexity index is 784. The minimum absolute atomic E-state index is 0.00439. The number of rotatable bonds is 5. The fraction of sp³-hybridized carbons (Fsp3) is 0.200. The smallest absolute Gasteiger partial charge is 0.126 e. The third kappa shape index (κ3) is 4.32. The number of hydrogen-bond acceptors (Lipinski definition) is 4. The summed E-state index contributed by atoms with van der Waals surface area (Å²) in [6.45, 7) is 3.93. The van der Waals surface area contributed by atoms with Crippen molar-refractivity contribution in [2.45, 2.75) is 26.7 Å². The van der Waals surface area contributed by atoms with E-state index in [1.807, 2.05) is 26.0 Å². The molecule has 0 saturated heterocycles. The standard InChI is InChI=1S/C20H22O4/c1-13(2)6-10-17-18(22)11-8-15(20(17)24)5-3-4-14-7-9-16(21)12-19(14)23/h3-4,6-9,11-12,21-24H,5,10H2,1-2H3/b4-3+. The number of benzene rings is 2. The summed E-state index contributed by atoms with van der Waals surface area (Å²) >= 11 is 0. The van der Waals surface area contributed by atoms with Crippen molar-refractivity contribution in [1.82, 2.24) is 0 Å². The zero-order valence-electron chi connectivity index (χ0n) is 13.8. The minimum atomic E-state index is -0.00887. The molecular formula is C20H22O4. The maximum absolute atomic E-state index is 10.4. The van der Waals surface area contributed by atoms with Crippen LogP contribution in [0.4, 0.5) is 0 Å². The van der Waals surface area contributed by atoms with E-state index in [1.165, 1.54) is 12.1 Å². The van der Waals surface area contributed by atoms with Crippen molar-refractivity contribution in [2.75, 3.05) is 0 Å². The van der Waals surface area contributed by atoms with Gasteiger partial charge in [-0.2, -0.15) is 0 Å². The van der Waals surface area contributed by atoms with Gasteiger partial charge in [0, 0.05) is 17.2 Å². The summed E-state index contributed by atoms with van der Waals surface area (Å²) in [5, 5.41) is 39.3. The quantitative estimate of drug-likeness (QED) is 0.618. The van der Waals surface area contributed by atoms with Gasteiger partial charge in [-0.05, 0) is 50.5 Å². The lowest BCUT2D eigenvalue weighted by Crippen LogP contribution is -1.91. The van der Waals surface area contributed by atoms with Gasteiger partial charge in [-0.25, -0.2) is 0 Å². The molecule has 2 aromatic rings. The van der Waals surface area contributed by atoms with E-state index in [0.29, 0.717) is 29.5 Å². The largest absolute Gasteiger partial charge is 0.508 e. The van der Waals surface area contributed by atoms with Crippen molar-refractivity contribution < 1.29 is 20.4 Å². The van der Waals surface area contributed by atoms with Crippen LogP contribution in [0.1, 0.15) is 30.5 Å². The summed E-state index contributed by atoms with van der Waals surface area (Å²) in [7, 11) is 0. The summed E-state index contributed by atoms with van der Waals surface area (Å²) in [6.07, 6.45) is 6.40. The molecule has 24 heavy (non-hydrogen) atoms. The summed E-state index contributed by atoms with van der Waals surface area (Å²) in [5.74, 6) is 0.163. The second kappa shape index (κ2) is 7.59. The van der Waals surface area contributed by atoms with Gasteiger partial charge < -0.3 is 20.4 Å². The first kappa shape index (κ1) is 17.5. The normalized spacial score (nSPS) is 10.9. The van der Waals surface area contributed by atoms with E-state index in [-0.39, 0.29) is 23.0 Å². The van der Waals surface area contributed by atoms with E-state index in [1.54, 1.807) is 24.3 Å². The molecule has 0 heterocycles. The van der Waals surface area contributed by atoms with Crippen LogP contribution in [-0.4, -0.2) is 20.4 Å². The third-order valence-electron chi connectivity index (χ3n) is 3.71. The molecule has 0 atom stereocenters. The molecule has 0 aliphatic carbocycles. The van der Waals surface area contributed by atoms with Gasteiger partial charge in [-0.3, -0.25) is 0 Å². The van der Waals surface area contributed by atoms with Crippen molar-refractivity contribution in [3.63, 3.8) is 0 Å². The first-order valence-electron chi connectivity index (χ1n) is 7.73. The van der Waals surface area contributed by atoms with Crippen molar-refractivity contribution in [2.24, 2.45) is 0 Å². The first-order valence-corrected chi connectivity index (χ1v) is 7.73. The molecule has 0 amide bonds. The van der Waals surface area contributed by atoms with Crippen LogP contribution in [0, 0.1) is 0 Å². The highest BCUT2D eigenvalue weighted by atomic mass is 16.3. The highest BCUT2D eigenvalue weighted by Crippen LogP contribution is 2.32. The number of allylic oxidation sites excluding steroid dienone is 3. The average molecular weight is 326 g/mol. The van der Waals surface area contributed by atoms with Gasteiger partial charge in [-0.15, -0.1) is 0 Å². The van der Waals surface area contributed by atoms with Crippen molar-refractivity contribution in [3.8, 4) is 23.0 Å². The van der Waals surface area contributed by atoms with Gasteiger partial charge in [0.25, 0.3) is 0 Å². The highest BCUT2D eigenvalue weighted by molar-refractivity contribution is 5.59. The van der Waals surface area contributed by atoms with Crippen molar-refractivity contribution in [3.05, 3.63) is 64.7 Å². The van der Waals surface area contributed by atoms with Gasteiger partial charge in [0.05, 0.1) is 0 Å². The molecule has 126 valence electrons. The molecule has 0 saturated carbocycles. The summed E-state index contributed by atoms with van der Waals surface area (Å²) in [5.41, 5.74) is 2.90. The highest BCUT2D eigenvalue weighted by Gasteiger charge is 2.10. The maximum Gasteiger partial charge on any atom is 0.126 e. The van der Waals surface area contributed by atoms with Crippen LogP contribution in [0.5, 0.6) is 23.0 Å². The lowest BCUT2D eigenvalue weighted by molar-refractivity contribution is 0.437. The molecule has 0 radical (unpaired) electrons. The second-order valence-corrected chi connectivity index (χ2v) is 5.91. The van der Waals surface area contributed by atoms with Crippen molar-refractivity contribution in [1.29, 1.82) is 0 Å². The zero-order valence-corrected chi connectivity index (χ0v) is 13.8. The molecule has 0 fully saturated rings. The molecule has 0 aliphatic heterocycles. The SMILES string of the molecule is CC(C)=CCc1c(O)ccc(C/C=C/c2ccc(O)cc2O)c1O.